The molecule has 210 valence electrons. The molecular formula is C34H12F6N4. The van der Waals surface area contributed by atoms with Gasteiger partial charge in [-0.15, -0.1) is 0 Å². The summed E-state index contributed by atoms with van der Waals surface area (Å²) in [5.74, 6) is -8.52. The van der Waals surface area contributed by atoms with Crippen molar-refractivity contribution in [1.29, 1.82) is 10.5 Å². The van der Waals surface area contributed by atoms with Crippen LogP contribution in [0.15, 0.2) is 82.8 Å². The van der Waals surface area contributed by atoms with Gasteiger partial charge in [-0.05, 0) is 92.3 Å². The number of hydrogen-bond acceptors (Lipinski definition) is 4. The Hall–Kier alpha value is -6.00. The quantitative estimate of drug-likeness (QED) is 0.116. The third kappa shape index (κ3) is 3.92. The van der Waals surface area contributed by atoms with Crippen LogP contribution in [0, 0.1) is 57.8 Å². The summed E-state index contributed by atoms with van der Waals surface area (Å²) in [6.45, 7) is 0. The molecule has 4 nitrogen and oxygen atoms in total. The molecule has 0 heterocycles. The number of hydrogen-bond donors (Lipinski definition) is 0. The maximum Gasteiger partial charge on any atom is 0.206 e. The molecule has 0 unspecified atom stereocenters. The lowest BCUT2D eigenvalue weighted by Gasteiger charge is -2.04. The van der Waals surface area contributed by atoms with E-state index in [2.05, 4.69) is 9.98 Å². The van der Waals surface area contributed by atoms with E-state index >= 15 is 0 Å². The Kier molecular flexibility index (Phi) is 5.98. The molecule has 10 heteroatoms. The summed E-state index contributed by atoms with van der Waals surface area (Å²) in [4.78, 5) is 8.07. The average molecular weight is 590 g/mol. The van der Waals surface area contributed by atoms with Crippen LogP contribution < -0.4 is 10.7 Å². The highest BCUT2D eigenvalue weighted by Crippen LogP contribution is 2.36. The van der Waals surface area contributed by atoms with Crippen LogP contribution in [0.25, 0.3) is 65.3 Å². The zero-order valence-corrected chi connectivity index (χ0v) is 22.0. The Labute approximate surface area is 243 Å². The van der Waals surface area contributed by atoms with Crippen molar-refractivity contribution in [3.63, 3.8) is 0 Å². The molecule has 7 aromatic carbocycles. The van der Waals surface area contributed by atoms with E-state index in [4.69, 9.17) is 0 Å². The van der Waals surface area contributed by atoms with Crippen LogP contribution in [0.3, 0.4) is 0 Å². The molecule has 0 saturated heterocycles. The summed E-state index contributed by atoms with van der Waals surface area (Å²) in [6.07, 6.45) is 3.59. The number of nitrogens with zero attached hydrogens (tertiary/aromatic N) is 4. The lowest BCUT2D eigenvalue weighted by Crippen LogP contribution is -1.99. The van der Waals surface area contributed by atoms with E-state index in [-0.39, 0.29) is 11.1 Å². The van der Waals surface area contributed by atoms with Gasteiger partial charge >= 0.3 is 0 Å². The Bertz CT molecular complexity index is 2370. The molecule has 44 heavy (non-hydrogen) atoms. The SMILES string of the molecule is N#CN=c1c2cc(-c3cc(F)c(F)c(F)c3)ccc2c2cc3c(=NC#N)c4cc(-c5cc(F)c(F)c(F)c5)ccc4c3cc12. The van der Waals surface area contributed by atoms with E-state index in [9.17, 15) is 36.9 Å². The standard InChI is InChI=1S/C34H12F6N4/c35-27-7-17(8-28(36)31(27)39)15-1-3-19-21-11-26-22(12-25(21)33(43-13-41)23(19)5-15)20-4-2-16(6-24(20)34(26)44-14-42)18-9-29(37)32(40)30(38)10-18/h1-12H. The van der Waals surface area contributed by atoms with Crippen molar-refractivity contribution < 1.29 is 26.3 Å². The summed E-state index contributed by atoms with van der Waals surface area (Å²) in [6, 6.07) is 16.9. The molecule has 0 aromatic heterocycles. The van der Waals surface area contributed by atoms with Gasteiger partial charge in [0, 0.05) is 21.5 Å². The van der Waals surface area contributed by atoms with E-state index in [1.165, 1.54) is 0 Å². The first kappa shape index (κ1) is 26.9. The minimum absolute atomic E-state index is 0.0908. The van der Waals surface area contributed by atoms with E-state index in [1.54, 1.807) is 60.9 Å². The van der Waals surface area contributed by atoms with Crippen LogP contribution in [0.1, 0.15) is 0 Å². The van der Waals surface area contributed by atoms with Gasteiger partial charge in [-0.25, -0.2) is 26.3 Å². The highest BCUT2D eigenvalue weighted by atomic mass is 19.2. The Morgan fingerprint density at radius 1 is 0.386 bits per heavy atom. The second-order valence-corrected chi connectivity index (χ2v) is 10.1. The van der Waals surface area contributed by atoms with Crippen molar-refractivity contribution in [2.24, 2.45) is 9.98 Å². The van der Waals surface area contributed by atoms with Gasteiger partial charge in [0.15, 0.2) is 34.9 Å². The third-order valence-electron chi connectivity index (χ3n) is 7.76. The minimum Gasteiger partial charge on any atom is -0.204 e. The first-order valence-electron chi connectivity index (χ1n) is 12.9. The van der Waals surface area contributed by atoms with Gasteiger partial charge < -0.3 is 0 Å². The predicted octanol–water partition coefficient (Wildman–Crippen LogP) is 8.11. The molecule has 0 saturated carbocycles. The molecule has 7 aromatic rings. The smallest absolute Gasteiger partial charge is 0.204 e. The van der Waals surface area contributed by atoms with Gasteiger partial charge in [0.05, 0.1) is 10.7 Å². The van der Waals surface area contributed by atoms with Gasteiger partial charge in [0.25, 0.3) is 0 Å². The van der Waals surface area contributed by atoms with Crippen LogP contribution in [0.5, 0.6) is 0 Å². The predicted molar refractivity (Wildman–Crippen MR) is 152 cm³/mol. The molecule has 7 rings (SSSR count). The Morgan fingerprint density at radius 3 is 1.07 bits per heavy atom. The van der Waals surface area contributed by atoms with Crippen molar-refractivity contribution in [3.05, 3.63) is 118 Å². The van der Waals surface area contributed by atoms with Crippen LogP contribution >= 0.6 is 0 Å². The first-order chi connectivity index (χ1) is 21.2. The molecule has 0 aliphatic heterocycles. The van der Waals surface area contributed by atoms with Gasteiger partial charge in [0.1, 0.15) is 0 Å². The Balaban J connectivity index is 1.52. The van der Waals surface area contributed by atoms with Crippen LogP contribution in [0.2, 0.25) is 0 Å². The monoisotopic (exact) mass is 590 g/mol. The zero-order valence-electron chi connectivity index (χ0n) is 22.0. The fraction of sp³-hybridized carbons (Fsp3) is 0. The largest absolute Gasteiger partial charge is 0.206 e. The number of halogens is 6. The van der Waals surface area contributed by atoms with Crippen molar-refractivity contribution in [3.8, 4) is 34.6 Å². The van der Waals surface area contributed by atoms with Crippen molar-refractivity contribution >= 4 is 43.1 Å². The van der Waals surface area contributed by atoms with Gasteiger partial charge in [0.2, 0.25) is 12.4 Å². The van der Waals surface area contributed by atoms with Gasteiger partial charge in [-0.2, -0.15) is 20.5 Å². The third-order valence-corrected chi connectivity index (χ3v) is 7.76. The maximum absolute atomic E-state index is 14.0. The number of benzene rings is 5. The fourth-order valence-electron chi connectivity index (χ4n) is 5.82. The van der Waals surface area contributed by atoms with Crippen molar-refractivity contribution in [2.75, 3.05) is 0 Å². The van der Waals surface area contributed by atoms with E-state index in [0.29, 0.717) is 64.9 Å². The lowest BCUT2D eigenvalue weighted by atomic mass is 10.0. The van der Waals surface area contributed by atoms with E-state index < -0.39 is 34.9 Å². The normalized spacial score (nSPS) is 12.5. The highest BCUT2D eigenvalue weighted by molar-refractivity contribution is 6.21. The first-order valence-corrected chi connectivity index (χ1v) is 12.9. The molecule has 0 fully saturated rings. The van der Waals surface area contributed by atoms with Crippen LogP contribution in [-0.2, 0) is 0 Å². The molecular weight excluding hydrogens is 578 g/mol. The summed E-state index contributed by atoms with van der Waals surface area (Å²) >= 11 is 0. The molecule has 0 aliphatic carbocycles. The molecule has 0 amide bonds. The number of rotatable bonds is 2. The maximum atomic E-state index is 14.0. The second kappa shape index (κ2) is 9.79. The second-order valence-electron chi connectivity index (χ2n) is 10.1. The number of nitriles is 2. The summed E-state index contributed by atoms with van der Waals surface area (Å²) < 4.78 is 83.0. The molecule has 0 aliphatic rings. The average Bonchev–Trinajstić information content (AvgIpc) is 3.48. The topological polar surface area (TPSA) is 72.3 Å². The summed E-state index contributed by atoms with van der Waals surface area (Å²) in [5, 5.41) is 24.4. The minimum atomic E-state index is -1.58. The summed E-state index contributed by atoms with van der Waals surface area (Å²) in [5.41, 5.74) is 0.915. The molecule has 0 bridgehead atoms. The van der Waals surface area contributed by atoms with Crippen molar-refractivity contribution in [1.82, 2.24) is 0 Å². The van der Waals surface area contributed by atoms with Crippen LogP contribution in [0.4, 0.5) is 26.3 Å². The summed E-state index contributed by atoms with van der Waals surface area (Å²) in [7, 11) is 0. The van der Waals surface area contributed by atoms with Crippen LogP contribution in [-0.4, -0.2) is 0 Å². The van der Waals surface area contributed by atoms with E-state index in [1.807, 2.05) is 0 Å². The Morgan fingerprint density at radius 2 is 0.727 bits per heavy atom. The molecule has 0 atom stereocenters. The van der Waals surface area contributed by atoms with Gasteiger partial charge in [-0.1, -0.05) is 24.3 Å². The molecule has 0 radical (unpaired) electrons. The van der Waals surface area contributed by atoms with Gasteiger partial charge in [-0.3, -0.25) is 0 Å². The lowest BCUT2D eigenvalue weighted by molar-refractivity contribution is 0.447. The highest BCUT2D eigenvalue weighted by Gasteiger charge is 2.18. The molecule has 0 spiro atoms. The fourth-order valence-corrected chi connectivity index (χ4v) is 5.82. The van der Waals surface area contributed by atoms with Crippen molar-refractivity contribution in [2.45, 2.75) is 0 Å². The van der Waals surface area contributed by atoms with E-state index in [0.717, 1.165) is 24.3 Å². The molecule has 0 N–H and O–H groups in total. The number of fused-ring (bicyclic) bond motifs is 6. The zero-order chi connectivity index (χ0) is 30.9.